The smallest absolute Gasteiger partial charge is 0.316 e. The number of carboxylic acids is 1. The lowest BCUT2D eigenvalue weighted by Gasteiger charge is -2.18. The van der Waals surface area contributed by atoms with Gasteiger partial charge in [0, 0.05) is 4.88 Å². The second kappa shape index (κ2) is 6.38. The first-order valence-corrected chi connectivity index (χ1v) is 7.50. The zero-order chi connectivity index (χ0) is 14.6. The summed E-state index contributed by atoms with van der Waals surface area (Å²) in [7, 11) is 0. The maximum absolute atomic E-state index is 11.5. The summed E-state index contributed by atoms with van der Waals surface area (Å²) < 4.78 is 5.88. The van der Waals surface area contributed by atoms with Crippen molar-refractivity contribution in [2.24, 2.45) is 0 Å². The fourth-order valence-electron chi connectivity index (χ4n) is 1.26. The maximum Gasteiger partial charge on any atom is 0.316 e. The van der Waals surface area contributed by atoms with Crippen LogP contribution in [0.15, 0.2) is 4.34 Å². The van der Waals surface area contributed by atoms with E-state index in [1.54, 1.807) is 6.92 Å². The van der Waals surface area contributed by atoms with E-state index in [1.165, 1.54) is 23.1 Å². The lowest BCUT2D eigenvalue weighted by molar-refractivity contribution is -0.151. The van der Waals surface area contributed by atoms with Gasteiger partial charge in [-0.2, -0.15) is 0 Å². The summed E-state index contributed by atoms with van der Waals surface area (Å²) in [6.07, 6.45) is -0.0313. The lowest BCUT2D eigenvalue weighted by atomic mass is 10.2. The van der Waals surface area contributed by atoms with Crippen molar-refractivity contribution in [1.82, 2.24) is 4.98 Å². The molecule has 0 bridgehead atoms. The molecule has 0 atom stereocenters. The Hall–Kier alpha value is -1.08. The third-order valence-electron chi connectivity index (χ3n) is 1.92. The highest BCUT2D eigenvalue weighted by Gasteiger charge is 2.17. The molecule has 1 N–H and O–H groups in total. The van der Waals surface area contributed by atoms with E-state index in [0.29, 0.717) is 10.0 Å². The van der Waals surface area contributed by atoms with E-state index < -0.39 is 11.6 Å². The second-order valence-electron chi connectivity index (χ2n) is 4.93. The summed E-state index contributed by atoms with van der Waals surface area (Å²) in [4.78, 5) is 27.2. The highest BCUT2D eigenvalue weighted by Crippen LogP contribution is 2.28. The molecule has 5 nitrogen and oxygen atoms in total. The minimum atomic E-state index is -0.879. The van der Waals surface area contributed by atoms with Crippen molar-refractivity contribution in [2.45, 2.75) is 44.1 Å². The Morgan fingerprint density at radius 3 is 2.58 bits per heavy atom. The van der Waals surface area contributed by atoms with Crippen LogP contribution in [-0.4, -0.2) is 33.4 Å². The molecule has 106 valence electrons. The fourth-order valence-corrected chi connectivity index (χ4v) is 3.25. The summed E-state index contributed by atoms with van der Waals surface area (Å²) in [6.45, 7) is 7.21. The SMILES string of the molecule is Cc1nc(SCC(=O)OC(C)(C)C)sc1CC(=O)O. The third-order valence-corrected chi connectivity index (χ3v) is 4.19. The lowest BCUT2D eigenvalue weighted by Crippen LogP contribution is -2.24. The largest absolute Gasteiger partial charge is 0.481 e. The van der Waals surface area contributed by atoms with Gasteiger partial charge < -0.3 is 9.84 Å². The van der Waals surface area contributed by atoms with E-state index in [-0.39, 0.29) is 18.1 Å². The highest BCUT2D eigenvalue weighted by molar-refractivity contribution is 8.01. The molecule has 0 unspecified atom stereocenters. The van der Waals surface area contributed by atoms with Gasteiger partial charge in [0.15, 0.2) is 4.34 Å². The van der Waals surface area contributed by atoms with E-state index in [2.05, 4.69) is 4.98 Å². The second-order valence-corrected chi connectivity index (χ2v) is 7.24. The quantitative estimate of drug-likeness (QED) is 0.665. The Labute approximate surface area is 120 Å². The first-order chi connectivity index (χ1) is 8.67. The van der Waals surface area contributed by atoms with Gasteiger partial charge in [0.1, 0.15) is 5.60 Å². The Balaban J connectivity index is 2.54. The Morgan fingerprint density at radius 1 is 1.42 bits per heavy atom. The van der Waals surface area contributed by atoms with E-state index in [1.807, 2.05) is 20.8 Å². The maximum atomic E-state index is 11.5. The zero-order valence-corrected chi connectivity index (χ0v) is 13.0. The van der Waals surface area contributed by atoms with Crippen LogP contribution in [0.3, 0.4) is 0 Å². The molecule has 0 spiro atoms. The predicted molar refractivity (Wildman–Crippen MR) is 74.8 cm³/mol. The van der Waals surface area contributed by atoms with Gasteiger partial charge in [-0.15, -0.1) is 11.3 Å². The number of esters is 1. The minimum absolute atomic E-state index is 0.0313. The first kappa shape index (κ1) is 16.0. The number of ether oxygens (including phenoxy) is 1. The topological polar surface area (TPSA) is 76.5 Å². The fraction of sp³-hybridized carbons (Fsp3) is 0.583. The molecule has 0 saturated carbocycles. The Bertz CT molecular complexity index is 477. The summed E-state index contributed by atoms with van der Waals surface area (Å²) in [5.74, 6) is -1.00. The number of rotatable bonds is 5. The molecule has 0 amide bonds. The molecule has 0 aromatic carbocycles. The van der Waals surface area contributed by atoms with Crippen LogP contribution in [0.25, 0.3) is 0 Å². The van der Waals surface area contributed by atoms with Gasteiger partial charge in [-0.1, -0.05) is 11.8 Å². The van der Waals surface area contributed by atoms with Crippen LogP contribution in [0.5, 0.6) is 0 Å². The molecule has 1 heterocycles. The van der Waals surface area contributed by atoms with E-state index in [9.17, 15) is 9.59 Å². The average Bonchev–Trinajstić information content (AvgIpc) is 2.53. The van der Waals surface area contributed by atoms with Crippen molar-refractivity contribution in [1.29, 1.82) is 0 Å². The number of aromatic nitrogens is 1. The predicted octanol–water partition coefficient (Wildman–Crippen LogP) is 2.51. The number of carbonyl (C=O) groups excluding carboxylic acids is 1. The molecule has 1 aromatic rings. The molecule has 1 rings (SSSR count). The molecule has 0 aliphatic heterocycles. The van der Waals surface area contributed by atoms with Crippen molar-refractivity contribution in [3.05, 3.63) is 10.6 Å². The first-order valence-electron chi connectivity index (χ1n) is 5.70. The van der Waals surface area contributed by atoms with Crippen molar-refractivity contribution in [2.75, 3.05) is 5.75 Å². The average molecular weight is 303 g/mol. The standard InChI is InChI=1S/C12H17NO4S2/c1-7-8(5-9(14)15)19-11(13-7)18-6-10(16)17-12(2,3)4/h5-6H2,1-4H3,(H,14,15). The molecule has 1 aromatic heterocycles. The number of aliphatic carboxylic acids is 1. The molecule has 0 aliphatic carbocycles. The minimum Gasteiger partial charge on any atom is -0.481 e. The normalized spacial score (nSPS) is 11.4. The zero-order valence-electron chi connectivity index (χ0n) is 11.3. The number of aryl methyl sites for hydroxylation is 1. The number of carbonyl (C=O) groups is 2. The van der Waals surface area contributed by atoms with Crippen molar-refractivity contribution < 1.29 is 19.4 Å². The number of carboxylic acid groups (broad SMARTS) is 1. The van der Waals surface area contributed by atoms with Crippen LogP contribution in [0.2, 0.25) is 0 Å². The molecule has 19 heavy (non-hydrogen) atoms. The summed E-state index contributed by atoms with van der Waals surface area (Å²) in [5, 5.41) is 8.74. The molecule has 0 radical (unpaired) electrons. The van der Waals surface area contributed by atoms with Crippen LogP contribution >= 0.6 is 23.1 Å². The number of hydrogen-bond acceptors (Lipinski definition) is 6. The van der Waals surface area contributed by atoms with E-state index in [4.69, 9.17) is 9.84 Å². The van der Waals surface area contributed by atoms with Crippen LogP contribution in [0, 0.1) is 6.92 Å². The van der Waals surface area contributed by atoms with Gasteiger partial charge in [0.25, 0.3) is 0 Å². The van der Waals surface area contributed by atoms with Gasteiger partial charge in [-0.25, -0.2) is 4.98 Å². The molecular formula is C12H17NO4S2. The third kappa shape index (κ3) is 6.07. The summed E-state index contributed by atoms with van der Waals surface area (Å²) >= 11 is 2.58. The van der Waals surface area contributed by atoms with Crippen LogP contribution in [0.1, 0.15) is 31.3 Å². The van der Waals surface area contributed by atoms with Crippen molar-refractivity contribution >= 4 is 35.0 Å². The molecule has 0 aliphatic rings. The van der Waals surface area contributed by atoms with Gasteiger partial charge in [0.2, 0.25) is 0 Å². The van der Waals surface area contributed by atoms with Gasteiger partial charge in [0.05, 0.1) is 17.9 Å². The Kier molecular flexibility index (Phi) is 5.37. The molecule has 0 saturated heterocycles. The van der Waals surface area contributed by atoms with Gasteiger partial charge in [-0.05, 0) is 27.7 Å². The van der Waals surface area contributed by atoms with Gasteiger partial charge >= 0.3 is 11.9 Å². The molecular weight excluding hydrogens is 286 g/mol. The highest BCUT2D eigenvalue weighted by atomic mass is 32.2. The number of hydrogen-bond donors (Lipinski definition) is 1. The number of thioether (sulfide) groups is 1. The monoisotopic (exact) mass is 303 g/mol. The van der Waals surface area contributed by atoms with Crippen LogP contribution in [-0.2, 0) is 20.7 Å². The van der Waals surface area contributed by atoms with Gasteiger partial charge in [-0.3, -0.25) is 9.59 Å². The number of nitrogens with zero attached hydrogens (tertiary/aromatic N) is 1. The molecule has 0 fully saturated rings. The van der Waals surface area contributed by atoms with Crippen LogP contribution in [0.4, 0.5) is 0 Å². The van der Waals surface area contributed by atoms with Crippen molar-refractivity contribution in [3.8, 4) is 0 Å². The Morgan fingerprint density at radius 2 is 2.05 bits per heavy atom. The number of thiazole rings is 1. The summed E-state index contributed by atoms with van der Waals surface area (Å²) in [6, 6.07) is 0. The summed E-state index contributed by atoms with van der Waals surface area (Å²) in [5.41, 5.74) is 0.212. The van der Waals surface area contributed by atoms with E-state index in [0.717, 1.165) is 4.88 Å². The van der Waals surface area contributed by atoms with E-state index >= 15 is 0 Å². The molecule has 7 heteroatoms. The van der Waals surface area contributed by atoms with Crippen LogP contribution < -0.4 is 0 Å². The van der Waals surface area contributed by atoms with Crippen molar-refractivity contribution in [3.63, 3.8) is 0 Å².